The Balaban J connectivity index is 2.46. The third-order valence-corrected chi connectivity index (χ3v) is 2.17. The van der Waals surface area contributed by atoms with Crippen LogP contribution in [0.15, 0.2) is 47.0 Å². The van der Waals surface area contributed by atoms with Gasteiger partial charge in [0.15, 0.2) is 5.84 Å². The van der Waals surface area contributed by atoms with E-state index in [1.54, 1.807) is 30.3 Å². The van der Waals surface area contributed by atoms with Crippen LogP contribution in [0, 0.1) is 0 Å². The molecule has 16 heavy (non-hydrogen) atoms. The van der Waals surface area contributed by atoms with Crippen molar-refractivity contribution in [2.75, 3.05) is 0 Å². The lowest BCUT2D eigenvalue weighted by Gasteiger charge is -2.27. The van der Waals surface area contributed by atoms with Crippen molar-refractivity contribution in [2.45, 2.75) is 6.23 Å². The molecular formula is C10H10N2O4. The summed E-state index contributed by atoms with van der Waals surface area (Å²) in [5.41, 5.74) is 0.503. The molecule has 1 atom stereocenters. The summed E-state index contributed by atoms with van der Waals surface area (Å²) in [6, 6.07) is 8.49. The first-order valence-corrected chi connectivity index (χ1v) is 4.53. The Kier molecular flexibility index (Phi) is 2.51. The highest BCUT2D eigenvalue weighted by Crippen LogP contribution is 2.19. The van der Waals surface area contributed by atoms with Gasteiger partial charge in [0.1, 0.15) is 0 Å². The van der Waals surface area contributed by atoms with Gasteiger partial charge in [-0.3, -0.25) is 5.21 Å². The van der Waals surface area contributed by atoms with Crippen LogP contribution in [0.5, 0.6) is 0 Å². The van der Waals surface area contributed by atoms with Crippen molar-refractivity contribution in [1.82, 2.24) is 5.06 Å². The van der Waals surface area contributed by atoms with Crippen molar-refractivity contribution >= 4 is 5.84 Å². The summed E-state index contributed by atoms with van der Waals surface area (Å²) in [5.74, 6) is -1.54. The van der Waals surface area contributed by atoms with Gasteiger partial charge in [-0.05, 0) is 0 Å². The fourth-order valence-electron chi connectivity index (χ4n) is 1.34. The smallest absolute Gasteiger partial charge is 0.256 e. The molecule has 4 N–H and O–H groups in total. The van der Waals surface area contributed by atoms with Gasteiger partial charge >= 0.3 is 0 Å². The van der Waals surface area contributed by atoms with Crippen LogP contribution in [0.4, 0.5) is 0 Å². The molecule has 1 heterocycles. The van der Waals surface area contributed by atoms with E-state index in [-0.39, 0.29) is 5.84 Å². The van der Waals surface area contributed by atoms with E-state index < -0.39 is 17.9 Å². The lowest BCUT2D eigenvalue weighted by molar-refractivity contribution is -0.137. The van der Waals surface area contributed by atoms with E-state index in [9.17, 15) is 15.4 Å². The molecule has 84 valence electrons. The molecule has 1 aromatic rings. The summed E-state index contributed by atoms with van der Waals surface area (Å²) in [4.78, 5) is 3.58. The monoisotopic (exact) mass is 222 g/mol. The fraction of sp³-hybridized carbons (Fsp3) is 0.100. The summed E-state index contributed by atoms with van der Waals surface area (Å²) in [7, 11) is 0. The molecule has 1 aromatic carbocycles. The molecule has 0 saturated carbocycles. The van der Waals surface area contributed by atoms with Crippen LogP contribution >= 0.6 is 0 Å². The second kappa shape index (κ2) is 3.84. The van der Waals surface area contributed by atoms with Crippen LogP contribution in [0.3, 0.4) is 0 Å². The fourth-order valence-corrected chi connectivity index (χ4v) is 1.34. The van der Waals surface area contributed by atoms with Crippen LogP contribution in [0.1, 0.15) is 5.56 Å². The Morgan fingerprint density at radius 3 is 2.38 bits per heavy atom. The Hall–Kier alpha value is -2.05. The maximum Gasteiger partial charge on any atom is 0.256 e. The lowest BCUT2D eigenvalue weighted by Crippen LogP contribution is -2.42. The molecule has 2 rings (SSSR count). The van der Waals surface area contributed by atoms with E-state index in [1.165, 1.54) is 0 Å². The van der Waals surface area contributed by atoms with E-state index in [0.29, 0.717) is 10.6 Å². The number of hydrogen-bond acceptors (Lipinski definition) is 6. The van der Waals surface area contributed by atoms with Gasteiger partial charge in [-0.2, -0.15) is 4.99 Å². The minimum atomic E-state index is -1.72. The number of aliphatic hydroxyl groups is 3. The van der Waals surface area contributed by atoms with Gasteiger partial charge in [-0.1, -0.05) is 30.3 Å². The molecule has 1 aliphatic rings. The predicted octanol–water partition coefficient (Wildman–Crippen LogP) is 0.741. The van der Waals surface area contributed by atoms with Crippen molar-refractivity contribution in [1.29, 1.82) is 0 Å². The molecule has 0 bridgehead atoms. The summed E-state index contributed by atoms with van der Waals surface area (Å²) in [6.45, 7) is 0. The number of rotatable bonds is 1. The van der Waals surface area contributed by atoms with Gasteiger partial charge in [0.25, 0.3) is 5.88 Å². The van der Waals surface area contributed by atoms with Crippen LogP contribution < -0.4 is 0 Å². The van der Waals surface area contributed by atoms with Crippen molar-refractivity contribution in [2.24, 2.45) is 4.99 Å². The molecule has 0 aliphatic carbocycles. The summed E-state index contributed by atoms with van der Waals surface area (Å²) in [6.07, 6.45) is -1.72. The average Bonchev–Trinajstić information content (AvgIpc) is 2.32. The van der Waals surface area contributed by atoms with Crippen LogP contribution in [0.25, 0.3) is 0 Å². The number of hydrogen-bond donors (Lipinski definition) is 4. The molecule has 0 radical (unpaired) electrons. The van der Waals surface area contributed by atoms with Gasteiger partial charge in [-0.15, -0.1) is 0 Å². The number of benzene rings is 1. The van der Waals surface area contributed by atoms with E-state index in [2.05, 4.69) is 4.99 Å². The topological polar surface area (TPSA) is 96.5 Å². The molecule has 0 amide bonds. The first kappa shape index (κ1) is 10.5. The molecule has 0 aromatic heterocycles. The lowest BCUT2D eigenvalue weighted by atomic mass is 10.2. The molecule has 0 spiro atoms. The second-order valence-electron chi connectivity index (χ2n) is 3.23. The standard InChI is InChI=1S/C10H10N2O4/c13-7-9(14)11-8(12(16)10(7)15)6-4-2-1-3-5-6/h1-5,10,13-16H. The molecule has 1 aliphatic heterocycles. The van der Waals surface area contributed by atoms with Crippen molar-refractivity contribution in [3.8, 4) is 0 Å². The molecule has 1 unspecified atom stereocenters. The first-order chi connectivity index (χ1) is 7.61. The Morgan fingerprint density at radius 2 is 1.75 bits per heavy atom. The Labute approximate surface area is 91.0 Å². The number of nitrogens with zero attached hydrogens (tertiary/aromatic N) is 2. The van der Waals surface area contributed by atoms with Crippen molar-refractivity contribution < 1.29 is 20.5 Å². The SMILES string of the molecule is OC1=C(O)C(O)N(O)C(c2ccccc2)=N1. The molecule has 6 nitrogen and oxygen atoms in total. The first-order valence-electron chi connectivity index (χ1n) is 4.53. The zero-order chi connectivity index (χ0) is 11.7. The zero-order valence-electron chi connectivity index (χ0n) is 8.15. The predicted molar refractivity (Wildman–Crippen MR) is 54.9 cm³/mol. The molecule has 0 fully saturated rings. The van der Waals surface area contributed by atoms with E-state index >= 15 is 0 Å². The highest BCUT2D eigenvalue weighted by Gasteiger charge is 2.30. The summed E-state index contributed by atoms with van der Waals surface area (Å²) >= 11 is 0. The van der Waals surface area contributed by atoms with Gasteiger partial charge in [0, 0.05) is 5.56 Å². The minimum Gasteiger partial charge on any atom is -0.504 e. The summed E-state index contributed by atoms with van der Waals surface area (Å²) < 4.78 is 0. The minimum absolute atomic E-state index is 0.0385. The highest BCUT2D eigenvalue weighted by molar-refractivity contribution is 5.99. The van der Waals surface area contributed by atoms with Gasteiger partial charge < -0.3 is 15.3 Å². The average molecular weight is 222 g/mol. The van der Waals surface area contributed by atoms with Crippen LogP contribution in [-0.4, -0.2) is 37.7 Å². The normalized spacial score (nSPS) is 21.0. The maximum atomic E-state index is 9.53. The number of hydroxylamine groups is 2. The van der Waals surface area contributed by atoms with E-state index in [0.717, 1.165) is 0 Å². The number of amidine groups is 1. The largest absolute Gasteiger partial charge is 0.504 e. The summed E-state index contributed by atoms with van der Waals surface area (Å²) in [5, 5.41) is 37.7. The molecular weight excluding hydrogens is 212 g/mol. The zero-order valence-corrected chi connectivity index (χ0v) is 8.15. The quantitative estimate of drug-likeness (QED) is 0.562. The van der Waals surface area contributed by atoms with Crippen molar-refractivity contribution in [3.05, 3.63) is 47.5 Å². The highest BCUT2D eigenvalue weighted by atomic mass is 16.5. The van der Waals surface area contributed by atoms with Crippen LogP contribution in [-0.2, 0) is 0 Å². The number of aliphatic hydroxyl groups excluding tert-OH is 3. The van der Waals surface area contributed by atoms with Gasteiger partial charge in [0.2, 0.25) is 12.0 Å². The van der Waals surface area contributed by atoms with E-state index in [1.807, 2.05) is 0 Å². The van der Waals surface area contributed by atoms with Gasteiger partial charge in [-0.25, -0.2) is 5.06 Å². The van der Waals surface area contributed by atoms with Crippen LogP contribution in [0.2, 0.25) is 0 Å². The maximum absolute atomic E-state index is 9.53. The third kappa shape index (κ3) is 1.60. The van der Waals surface area contributed by atoms with Crippen molar-refractivity contribution in [3.63, 3.8) is 0 Å². The third-order valence-electron chi connectivity index (χ3n) is 2.17. The van der Waals surface area contributed by atoms with E-state index in [4.69, 9.17) is 5.11 Å². The Bertz CT molecular complexity index is 455. The molecule has 0 saturated heterocycles. The number of aliphatic imine (C=N–C) groups is 1. The second-order valence-corrected chi connectivity index (χ2v) is 3.23. The van der Waals surface area contributed by atoms with Gasteiger partial charge in [0.05, 0.1) is 0 Å². The molecule has 6 heteroatoms. The Morgan fingerprint density at radius 1 is 1.12 bits per heavy atom.